The van der Waals surface area contributed by atoms with Crippen molar-refractivity contribution in [1.29, 1.82) is 0 Å². The van der Waals surface area contributed by atoms with E-state index in [1.54, 1.807) is 15.8 Å². The average molecular weight is 473 g/mol. The summed E-state index contributed by atoms with van der Waals surface area (Å²) in [5.74, 6) is 2.65. The van der Waals surface area contributed by atoms with Gasteiger partial charge in [-0.1, -0.05) is 6.07 Å². The summed E-state index contributed by atoms with van der Waals surface area (Å²) >= 11 is 0. The van der Waals surface area contributed by atoms with E-state index in [1.165, 1.54) is 5.56 Å². The van der Waals surface area contributed by atoms with Gasteiger partial charge in [0.2, 0.25) is 0 Å². The monoisotopic (exact) mass is 472 g/mol. The Morgan fingerprint density at radius 1 is 1.09 bits per heavy atom. The number of carbonyl (C=O) groups is 1. The maximum atomic E-state index is 12.5. The van der Waals surface area contributed by atoms with Crippen LogP contribution in [0.1, 0.15) is 44.0 Å². The van der Waals surface area contributed by atoms with E-state index < -0.39 is 5.60 Å². The summed E-state index contributed by atoms with van der Waals surface area (Å²) in [7, 11) is 1.90. The number of rotatable bonds is 2. The van der Waals surface area contributed by atoms with E-state index in [0.29, 0.717) is 37.4 Å². The number of carbonyl (C=O) groups excluding carboxylic acids is 2. The minimum Gasteiger partial charge on any atom is -0.444 e. The number of anilines is 1. The van der Waals surface area contributed by atoms with Crippen LogP contribution in [0.3, 0.4) is 0 Å². The highest BCUT2D eigenvalue weighted by Crippen LogP contribution is 2.34. The molecule has 0 saturated carbocycles. The van der Waals surface area contributed by atoms with Gasteiger partial charge in [-0.15, -0.1) is 5.10 Å². The van der Waals surface area contributed by atoms with E-state index >= 15 is 0 Å². The Balaban J connectivity index is 1.38. The van der Waals surface area contributed by atoms with Crippen LogP contribution in [0.15, 0.2) is 42.4 Å². The lowest BCUT2D eigenvalue weighted by Crippen LogP contribution is -2.39. The minimum absolute atomic E-state index is 0.313. The number of aromatic nitrogens is 4. The van der Waals surface area contributed by atoms with Crippen LogP contribution in [-0.4, -0.2) is 56.1 Å². The van der Waals surface area contributed by atoms with Crippen molar-refractivity contribution >= 4 is 17.7 Å². The number of nitrogens with zero attached hydrogens (tertiary/aromatic N) is 6. The third-order valence-electron chi connectivity index (χ3n) is 6.31. The van der Waals surface area contributed by atoms with Gasteiger partial charge in [0.1, 0.15) is 17.2 Å². The van der Waals surface area contributed by atoms with Gasteiger partial charge in [0, 0.05) is 49.4 Å². The normalized spacial score (nSPS) is 15.4. The lowest BCUT2D eigenvalue weighted by Gasteiger charge is -2.29. The second-order valence-corrected chi connectivity index (χ2v) is 9.95. The predicted octanol–water partition coefficient (Wildman–Crippen LogP) is 3.72. The number of amides is 1. The largest absolute Gasteiger partial charge is 0.444 e. The summed E-state index contributed by atoms with van der Waals surface area (Å²) in [6, 6.07) is 8.15. The molecule has 0 fully saturated rings. The van der Waals surface area contributed by atoms with Crippen molar-refractivity contribution in [3.63, 3.8) is 0 Å². The molecule has 4 heterocycles. The number of hydrogen-bond donors (Lipinski definition) is 0. The zero-order chi connectivity index (χ0) is 24.7. The molecule has 0 radical (unpaired) electrons. The predicted molar refractivity (Wildman–Crippen MR) is 131 cm³/mol. The van der Waals surface area contributed by atoms with Crippen LogP contribution in [-0.2, 0) is 28.9 Å². The summed E-state index contributed by atoms with van der Waals surface area (Å²) in [6.07, 6.45) is 5.46. The smallest absolute Gasteiger partial charge is 0.410 e. The molecule has 0 N–H and O–H groups in total. The van der Waals surface area contributed by atoms with Crippen molar-refractivity contribution in [3.05, 3.63) is 59.2 Å². The fourth-order valence-electron chi connectivity index (χ4n) is 4.52. The second-order valence-electron chi connectivity index (χ2n) is 9.95. The molecular formula is C26H28N6O3. The van der Waals surface area contributed by atoms with Crippen LogP contribution in [0.4, 0.5) is 10.5 Å². The molecule has 0 bridgehead atoms. The first-order valence-electron chi connectivity index (χ1n) is 11.7. The zero-order valence-corrected chi connectivity index (χ0v) is 20.4. The van der Waals surface area contributed by atoms with Gasteiger partial charge in [-0.05, 0) is 56.5 Å². The SMILES string of the molecule is CN1C(=C=O)CCc2cc(-c3cnnc(-n4cc5c(n4)CCN(C(=O)OC(C)(C)C)C5)c3)ccc21. The standard InChI is InChI=1S/C26H28N6O3/c1-26(2,3)35-25(34)31-10-9-22-20(14-31)15-32(29-22)24-12-19(13-27-28-24)17-6-8-23-18(11-17)5-7-21(16-33)30(23)4/h6,8,11-13,15H,5,7,9-10,14H2,1-4H3. The Labute approximate surface area is 204 Å². The molecule has 1 aromatic carbocycles. The van der Waals surface area contributed by atoms with Crippen molar-refractivity contribution in [2.75, 3.05) is 18.5 Å². The average Bonchev–Trinajstić information content (AvgIpc) is 3.27. The maximum Gasteiger partial charge on any atom is 0.410 e. The quantitative estimate of drug-likeness (QED) is 0.525. The lowest BCUT2D eigenvalue weighted by molar-refractivity contribution is 0.0223. The number of aryl methyl sites for hydroxylation is 1. The van der Waals surface area contributed by atoms with E-state index in [1.807, 2.05) is 63.1 Å². The van der Waals surface area contributed by atoms with Crippen molar-refractivity contribution in [2.24, 2.45) is 0 Å². The van der Waals surface area contributed by atoms with Crippen LogP contribution in [0.25, 0.3) is 16.9 Å². The molecule has 0 saturated heterocycles. The number of benzene rings is 1. The highest BCUT2D eigenvalue weighted by molar-refractivity contribution is 5.74. The summed E-state index contributed by atoms with van der Waals surface area (Å²) in [4.78, 5) is 27.3. The Hall–Kier alpha value is -3.97. The zero-order valence-electron chi connectivity index (χ0n) is 20.4. The molecule has 0 unspecified atom stereocenters. The molecule has 5 rings (SSSR count). The highest BCUT2D eigenvalue weighted by Gasteiger charge is 2.27. The van der Waals surface area contributed by atoms with E-state index in [0.717, 1.165) is 34.5 Å². The Morgan fingerprint density at radius 3 is 2.69 bits per heavy atom. The van der Waals surface area contributed by atoms with Crippen LogP contribution in [0.2, 0.25) is 0 Å². The first-order valence-corrected chi connectivity index (χ1v) is 11.7. The summed E-state index contributed by atoms with van der Waals surface area (Å²) in [6.45, 7) is 6.61. The van der Waals surface area contributed by atoms with Crippen molar-refractivity contribution in [2.45, 2.75) is 52.2 Å². The molecule has 2 aliphatic heterocycles. The molecule has 1 amide bonds. The molecular weight excluding hydrogens is 444 g/mol. The first-order chi connectivity index (χ1) is 16.7. The Bertz CT molecular complexity index is 1350. The van der Waals surface area contributed by atoms with Crippen molar-refractivity contribution < 1.29 is 14.3 Å². The molecule has 35 heavy (non-hydrogen) atoms. The van der Waals surface area contributed by atoms with Crippen molar-refractivity contribution in [1.82, 2.24) is 24.9 Å². The van der Waals surface area contributed by atoms with E-state index in [2.05, 4.69) is 16.3 Å². The molecule has 9 nitrogen and oxygen atoms in total. The van der Waals surface area contributed by atoms with Gasteiger partial charge in [-0.25, -0.2) is 14.3 Å². The van der Waals surface area contributed by atoms with Crippen LogP contribution >= 0.6 is 0 Å². The third-order valence-corrected chi connectivity index (χ3v) is 6.31. The molecule has 2 aliphatic rings. The van der Waals surface area contributed by atoms with Gasteiger partial charge in [0.15, 0.2) is 5.82 Å². The van der Waals surface area contributed by atoms with Gasteiger partial charge in [-0.2, -0.15) is 10.2 Å². The van der Waals surface area contributed by atoms with Crippen molar-refractivity contribution in [3.8, 4) is 16.9 Å². The highest BCUT2D eigenvalue weighted by atomic mass is 16.6. The molecule has 0 aliphatic carbocycles. The van der Waals surface area contributed by atoms with Gasteiger partial charge in [0.05, 0.1) is 18.4 Å². The van der Waals surface area contributed by atoms with Crippen LogP contribution in [0.5, 0.6) is 0 Å². The molecule has 0 spiro atoms. The molecule has 180 valence electrons. The number of allylic oxidation sites excluding steroid dienone is 1. The van der Waals surface area contributed by atoms with Gasteiger partial charge >= 0.3 is 6.09 Å². The molecule has 2 aromatic heterocycles. The fraction of sp³-hybridized carbons (Fsp3) is 0.385. The van der Waals surface area contributed by atoms with Gasteiger partial charge < -0.3 is 14.5 Å². The number of ether oxygens (including phenoxy) is 1. The second kappa shape index (κ2) is 8.67. The molecule has 9 heteroatoms. The summed E-state index contributed by atoms with van der Waals surface area (Å²) in [5, 5.41) is 13.2. The number of hydrogen-bond acceptors (Lipinski definition) is 7. The van der Waals surface area contributed by atoms with Gasteiger partial charge in [-0.3, -0.25) is 0 Å². The van der Waals surface area contributed by atoms with E-state index in [4.69, 9.17) is 9.84 Å². The van der Waals surface area contributed by atoms with Gasteiger partial charge in [0.25, 0.3) is 0 Å². The topological polar surface area (TPSA) is 93.5 Å². The minimum atomic E-state index is -0.531. The molecule has 0 atom stereocenters. The lowest BCUT2D eigenvalue weighted by atomic mass is 9.96. The molecule has 3 aromatic rings. The first kappa shape index (κ1) is 22.8. The van der Waals surface area contributed by atoms with Crippen LogP contribution < -0.4 is 4.90 Å². The van der Waals surface area contributed by atoms with E-state index in [-0.39, 0.29) is 6.09 Å². The number of fused-ring (bicyclic) bond motifs is 2. The Morgan fingerprint density at radius 2 is 1.91 bits per heavy atom. The summed E-state index contributed by atoms with van der Waals surface area (Å²) in [5.41, 5.74) is 6.23. The fourth-order valence-corrected chi connectivity index (χ4v) is 4.52. The third kappa shape index (κ3) is 4.55. The van der Waals surface area contributed by atoms with Crippen LogP contribution in [0, 0.1) is 0 Å². The van der Waals surface area contributed by atoms with E-state index in [9.17, 15) is 9.59 Å². The summed E-state index contributed by atoms with van der Waals surface area (Å²) < 4.78 is 7.25. The Kier molecular flexibility index (Phi) is 5.65. The maximum absolute atomic E-state index is 12.5.